The summed E-state index contributed by atoms with van der Waals surface area (Å²) in [7, 11) is 2.23. The van der Waals surface area contributed by atoms with Crippen LogP contribution in [0, 0.1) is 0 Å². The molecule has 0 radical (unpaired) electrons. The van der Waals surface area contributed by atoms with E-state index < -0.39 is 0 Å². The molecule has 3 aromatic rings. The highest BCUT2D eigenvalue weighted by Crippen LogP contribution is 2.24. The molecule has 1 saturated heterocycles. The molecule has 0 spiro atoms. The fourth-order valence-corrected chi connectivity index (χ4v) is 4.57. The van der Waals surface area contributed by atoms with Crippen LogP contribution >= 0.6 is 0 Å². The number of nitrogens with one attached hydrogen (secondary N) is 1. The number of hydrogen-bond donors (Lipinski definition) is 1. The average Bonchev–Trinajstić information content (AvgIpc) is 2.91. The molecule has 1 aliphatic heterocycles. The predicted octanol–water partition coefficient (Wildman–Crippen LogP) is 5.84. The maximum absolute atomic E-state index is 4.29. The maximum Gasteiger partial charge on any atom is 0.130 e. The van der Waals surface area contributed by atoms with Gasteiger partial charge in [0.2, 0.25) is 0 Å². The first-order valence-corrected chi connectivity index (χ1v) is 12.7. The molecule has 6 heteroatoms. The Morgan fingerprint density at radius 3 is 2.41 bits per heavy atom. The molecule has 3 heterocycles. The molecule has 0 bridgehead atoms. The number of fused-ring (bicyclic) bond motifs is 1. The van der Waals surface area contributed by atoms with Crippen molar-refractivity contribution in [1.29, 1.82) is 0 Å². The van der Waals surface area contributed by atoms with Crippen LogP contribution in [0.1, 0.15) is 46.0 Å². The van der Waals surface area contributed by atoms with Crippen LogP contribution in [0.3, 0.4) is 0 Å². The fraction of sp³-hybridized carbons (Fsp3) is 0.464. The number of rotatable bonds is 4. The van der Waals surface area contributed by atoms with Crippen LogP contribution in [0.5, 0.6) is 0 Å². The molecule has 1 saturated carbocycles. The number of aromatic nitrogens is 3. The van der Waals surface area contributed by atoms with Crippen LogP contribution in [-0.2, 0) is 0 Å². The molecule has 182 valence electrons. The first kappa shape index (κ1) is 25.8. The second-order valence-electron chi connectivity index (χ2n) is 8.72. The number of anilines is 1. The van der Waals surface area contributed by atoms with Crippen molar-refractivity contribution in [2.45, 2.75) is 52.0 Å². The molecule has 1 aliphatic carbocycles. The SMILES string of the molecule is C=CNc1cc2cc(-c3cccnn3)ccc2cn1.CC.CN1CCN(C2CCCCC2)CC1. The summed E-state index contributed by atoms with van der Waals surface area (Å²) >= 11 is 0. The second kappa shape index (κ2) is 13.8. The summed E-state index contributed by atoms with van der Waals surface area (Å²) in [6.45, 7) is 12.8. The lowest BCUT2D eigenvalue weighted by molar-refractivity contribution is 0.0913. The van der Waals surface area contributed by atoms with E-state index in [0.29, 0.717) is 0 Å². The van der Waals surface area contributed by atoms with Crippen LogP contribution in [-0.4, -0.2) is 64.2 Å². The van der Waals surface area contributed by atoms with E-state index in [0.717, 1.165) is 33.9 Å². The minimum absolute atomic E-state index is 0.777. The number of benzene rings is 1. The van der Waals surface area contributed by atoms with Crippen molar-refractivity contribution in [3.8, 4) is 11.3 Å². The van der Waals surface area contributed by atoms with Crippen LogP contribution in [0.2, 0.25) is 0 Å². The van der Waals surface area contributed by atoms with Crippen molar-refractivity contribution in [2.24, 2.45) is 0 Å². The van der Waals surface area contributed by atoms with E-state index in [9.17, 15) is 0 Å². The Morgan fingerprint density at radius 1 is 0.971 bits per heavy atom. The molecular formula is C28H40N6. The largest absolute Gasteiger partial charge is 0.347 e. The molecule has 1 N–H and O–H groups in total. The van der Waals surface area contributed by atoms with E-state index in [2.05, 4.69) is 50.0 Å². The number of nitrogens with zero attached hydrogens (tertiary/aromatic N) is 5. The van der Waals surface area contributed by atoms with Gasteiger partial charge in [0.25, 0.3) is 0 Å². The smallest absolute Gasteiger partial charge is 0.130 e. The number of likely N-dealkylation sites (N-methyl/N-ethyl adjacent to an activating group) is 1. The quantitative estimate of drug-likeness (QED) is 0.528. The standard InChI is InChI=1S/C15H12N4.C11H22N2.C2H6/c1-2-16-15-9-13-8-11(5-6-12(13)10-17-15)14-4-3-7-18-19-14;1-12-7-9-13(10-8-12)11-5-3-2-4-6-11;1-2/h2-10H,1H2,(H,16,17);11H,2-10H2,1H3;1-2H3. The number of piperazine rings is 1. The molecular weight excluding hydrogens is 420 g/mol. The third kappa shape index (κ3) is 7.34. The zero-order valence-corrected chi connectivity index (χ0v) is 21.1. The Morgan fingerprint density at radius 2 is 1.74 bits per heavy atom. The summed E-state index contributed by atoms with van der Waals surface area (Å²) < 4.78 is 0. The van der Waals surface area contributed by atoms with Crippen LogP contribution in [0.25, 0.3) is 22.0 Å². The van der Waals surface area contributed by atoms with Crippen molar-refractivity contribution in [2.75, 3.05) is 38.5 Å². The summed E-state index contributed by atoms with van der Waals surface area (Å²) in [6.07, 6.45) is 12.5. The van der Waals surface area contributed by atoms with Gasteiger partial charge in [-0.25, -0.2) is 4.98 Å². The van der Waals surface area contributed by atoms with Gasteiger partial charge >= 0.3 is 0 Å². The third-order valence-electron chi connectivity index (χ3n) is 6.47. The molecule has 0 atom stereocenters. The topological polar surface area (TPSA) is 57.2 Å². The average molecular weight is 461 g/mol. The molecule has 34 heavy (non-hydrogen) atoms. The van der Waals surface area contributed by atoms with Gasteiger partial charge in [0.1, 0.15) is 5.82 Å². The van der Waals surface area contributed by atoms with Crippen molar-refractivity contribution in [3.05, 3.63) is 61.6 Å². The lowest BCUT2D eigenvalue weighted by Gasteiger charge is -2.39. The Bertz CT molecular complexity index is 992. The van der Waals surface area contributed by atoms with Gasteiger partial charge in [0.15, 0.2) is 0 Å². The monoisotopic (exact) mass is 460 g/mol. The van der Waals surface area contributed by atoms with Gasteiger partial charge in [-0.15, -0.1) is 0 Å². The van der Waals surface area contributed by atoms with Gasteiger partial charge in [-0.2, -0.15) is 10.2 Å². The molecule has 0 amide bonds. The third-order valence-corrected chi connectivity index (χ3v) is 6.47. The molecule has 5 rings (SSSR count). The van der Waals surface area contributed by atoms with Crippen molar-refractivity contribution in [1.82, 2.24) is 25.0 Å². The Hall–Kier alpha value is -2.83. The first-order valence-electron chi connectivity index (χ1n) is 12.7. The van der Waals surface area contributed by atoms with Crippen LogP contribution < -0.4 is 5.32 Å². The summed E-state index contributed by atoms with van der Waals surface area (Å²) in [6, 6.07) is 12.9. The number of hydrogen-bond acceptors (Lipinski definition) is 6. The van der Waals surface area contributed by atoms with Gasteiger partial charge in [0, 0.05) is 55.6 Å². The Balaban J connectivity index is 0.000000189. The fourth-order valence-electron chi connectivity index (χ4n) is 4.57. The van der Waals surface area contributed by atoms with Gasteiger partial charge in [-0.05, 0) is 55.7 Å². The minimum atomic E-state index is 0.777. The normalized spacial score (nSPS) is 17.1. The van der Waals surface area contributed by atoms with E-state index in [1.165, 1.54) is 58.3 Å². The van der Waals surface area contributed by atoms with E-state index in [1.807, 2.05) is 50.4 Å². The van der Waals surface area contributed by atoms with Crippen molar-refractivity contribution < 1.29 is 0 Å². The summed E-state index contributed by atoms with van der Waals surface area (Å²) in [5.74, 6) is 0.777. The highest BCUT2D eigenvalue weighted by atomic mass is 15.3. The van der Waals surface area contributed by atoms with Gasteiger partial charge < -0.3 is 10.2 Å². The van der Waals surface area contributed by atoms with Gasteiger partial charge in [-0.3, -0.25) is 4.90 Å². The summed E-state index contributed by atoms with van der Waals surface area (Å²) in [5.41, 5.74) is 1.90. The van der Waals surface area contributed by atoms with Crippen molar-refractivity contribution in [3.63, 3.8) is 0 Å². The lowest BCUT2D eigenvalue weighted by atomic mass is 9.94. The van der Waals surface area contributed by atoms with Gasteiger partial charge in [-0.1, -0.05) is 51.8 Å². The molecule has 6 nitrogen and oxygen atoms in total. The molecule has 2 fully saturated rings. The zero-order chi connectivity index (χ0) is 24.2. The Labute approximate surface area is 205 Å². The predicted molar refractivity (Wildman–Crippen MR) is 144 cm³/mol. The molecule has 2 aromatic heterocycles. The summed E-state index contributed by atoms with van der Waals surface area (Å²) in [5, 5.41) is 13.2. The van der Waals surface area contributed by atoms with E-state index in [-0.39, 0.29) is 0 Å². The minimum Gasteiger partial charge on any atom is -0.347 e. The van der Waals surface area contributed by atoms with E-state index >= 15 is 0 Å². The maximum atomic E-state index is 4.29. The lowest BCUT2D eigenvalue weighted by Crippen LogP contribution is -2.49. The summed E-state index contributed by atoms with van der Waals surface area (Å²) in [4.78, 5) is 9.45. The number of pyridine rings is 1. The molecule has 2 aliphatic rings. The highest BCUT2D eigenvalue weighted by molar-refractivity contribution is 5.88. The van der Waals surface area contributed by atoms with Crippen molar-refractivity contribution >= 4 is 16.6 Å². The highest BCUT2D eigenvalue weighted by Gasteiger charge is 2.23. The van der Waals surface area contributed by atoms with E-state index in [1.54, 1.807) is 12.4 Å². The van der Waals surface area contributed by atoms with E-state index in [4.69, 9.17) is 0 Å². The molecule has 0 unspecified atom stereocenters. The second-order valence-corrected chi connectivity index (χ2v) is 8.72. The van der Waals surface area contributed by atoms with Crippen LogP contribution in [0.15, 0.2) is 61.6 Å². The molecule has 1 aromatic carbocycles. The van der Waals surface area contributed by atoms with Gasteiger partial charge in [0.05, 0.1) is 5.69 Å². The first-order chi connectivity index (χ1) is 16.7. The van der Waals surface area contributed by atoms with Crippen LogP contribution in [0.4, 0.5) is 5.82 Å². The Kier molecular flexibility index (Phi) is 10.4. The zero-order valence-electron chi connectivity index (χ0n) is 21.1.